The zero-order chi connectivity index (χ0) is 14.5. The predicted molar refractivity (Wildman–Crippen MR) is 73.0 cm³/mol. The van der Waals surface area contributed by atoms with Crippen LogP contribution >= 0.6 is 0 Å². The van der Waals surface area contributed by atoms with Gasteiger partial charge in [-0.3, -0.25) is 4.79 Å². The Hall–Kier alpha value is -1.36. The Morgan fingerprint density at radius 1 is 1.37 bits per heavy atom. The minimum absolute atomic E-state index is 0.0355. The summed E-state index contributed by atoms with van der Waals surface area (Å²) in [5.74, 6) is 0.837. The van der Waals surface area contributed by atoms with E-state index in [1.54, 1.807) is 0 Å². The van der Waals surface area contributed by atoms with E-state index in [-0.39, 0.29) is 11.8 Å². The van der Waals surface area contributed by atoms with Gasteiger partial charge in [0.25, 0.3) is 0 Å². The number of nitrogens with one attached hydrogen (secondary N) is 1. The minimum atomic E-state index is -0.730. The van der Waals surface area contributed by atoms with E-state index in [1.807, 2.05) is 13.8 Å². The molecule has 5 heteroatoms. The molecule has 1 heterocycles. The number of nitrogens with zero attached hydrogens (tertiary/aromatic N) is 1. The summed E-state index contributed by atoms with van der Waals surface area (Å²) in [6.45, 7) is 9.46. The molecule has 0 aliphatic rings. The maximum Gasteiger partial charge on any atom is 0.303 e. The highest BCUT2D eigenvalue weighted by atomic mass is 16.4. The topological polar surface area (TPSA) is 75.4 Å². The number of aromatic nitrogens is 1. The number of carboxylic acids is 1. The SMILES string of the molecule is Cc1nc(CNCCC(C)(C)CCC(=O)O)oc1C. The first kappa shape index (κ1) is 15.7. The summed E-state index contributed by atoms with van der Waals surface area (Å²) in [6.07, 6.45) is 1.85. The number of carbonyl (C=O) groups is 1. The van der Waals surface area contributed by atoms with Crippen LogP contribution in [0.1, 0.15) is 50.5 Å². The average molecular weight is 268 g/mol. The van der Waals surface area contributed by atoms with Crippen LogP contribution in [-0.2, 0) is 11.3 Å². The number of hydrogen-bond acceptors (Lipinski definition) is 4. The van der Waals surface area contributed by atoms with Gasteiger partial charge in [-0.15, -0.1) is 0 Å². The summed E-state index contributed by atoms with van der Waals surface area (Å²) in [6, 6.07) is 0. The molecular weight excluding hydrogens is 244 g/mol. The first-order chi connectivity index (χ1) is 8.80. The second kappa shape index (κ2) is 6.70. The van der Waals surface area contributed by atoms with Crippen molar-refractivity contribution in [2.45, 2.75) is 53.5 Å². The van der Waals surface area contributed by atoms with Crippen molar-refractivity contribution in [3.05, 3.63) is 17.3 Å². The van der Waals surface area contributed by atoms with E-state index >= 15 is 0 Å². The molecule has 1 aromatic rings. The summed E-state index contributed by atoms with van der Waals surface area (Å²) in [7, 11) is 0. The van der Waals surface area contributed by atoms with Crippen LogP contribution in [0.15, 0.2) is 4.42 Å². The second-order valence-electron chi connectivity index (χ2n) is 5.73. The lowest BCUT2D eigenvalue weighted by molar-refractivity contribution is -0.137. The fourth-order valence-corrected chi connectivity index (χ4v) is 1.81. The van der Waals surface area contributed by atoms with E-state index < -0.39 is 5.97 Å². The van der Waals surface area contributed by atoms with Gasteiger partial charge in [0.15, 0.2) is 0 Å². The number of carboxylic acid groups (broad SMARTS) is 1. The molecule has 0 bridgehead atoms. The molecule has 108 valence electrons. The molecule has 0 atom stereocenters. The third kappa shape index (κ3) is 5.87. The zero-order valence-corrected chi connectivity index (χ0v) is 12.2. The maximum atomic E-state index is 10.6. The van der Waals surface area contributed by atoms with Gasteiger partial charge in [0.2, 0.25) is 5.89 Å². The summed E-state index contributed by atoms with van der Waals surface area (Å²) in [4.78, 5) is 14.9. The van der Waals surface area contributed by atoms with Crippen LogP contribution < -0.4 is 5.32 Å². The van der Waals surface area contributed by atoms with Crippen molar-refractivity contribution in [2.24, 2.45) is 5.41 Å². The third-order valence-electron chi connectivity index (χ3n) is 3.34. The molecule has 0 amide bonds. The van der Waals surface area contributed by atoms with Crippen LogP contribution in [-0.4, -0.2) is 22.6 Å². The molecule has 1 aromatic heterocycles. The summed E-state index contributed by atoms with van der Waals surface area (Å²) in [5, 5.41) is 12.0. The summed E-state index contributed by atoms with van der Waals surface area (Å²) >= 11 is 0. The maximum absolute atomic E-state index is 10.6. The van der Waals surface area contributed by atoms with Crippen molar-refractivity contribution < 1.29 is 14.3 Å². The lowest BCUT2D eigenvalue weighted by atomic mass is 9.84. The lowest BCUT2D eigenvalue weighted by Crippen LogP contribution is -2.23. The van der Waals surface area contributed by atoms with E-state index in [0.717, 1.165) is 24.4 Å². The monoisotopic (exact) mass is 268 g/mol. The number of rotatable bonds is 8. The smallest absolute Gasteiger partial charge is 0.303 e. The van der Waals surface area contributed by atoms with Gasteiger partial charge in [0, 0.05) is 6.42 Å². The molecule has 0 aliphatic heterocycles. The molecule has 0 aromatic carbocycles. The molecule has 0 saturated carbocycles. The van der Waals surface area contributed by atoms with Gasteiger partial charge >= 0.3 is 5.97 Å². The fourth-order valence-electron chi connectivity index (χ4n) is 1.81. The molecular formula is C14H24N2O3. The molecule has 19 heavy (non-hydrogen) atoms. The van der Waals surface area contributed by atoms with Crippen molar-refractivity contribution in [2.75, 3.05) is 6.54 Å². The molecule has 1 rings (SSSR count). The van der Waals surface area contributed by atoms with Crippen LogP contribution in [0.5, 0.6) is 0 Å². The van der Waals surface area contributed by atoms with Crippen LogP contribution in [0.4, 0.5) is 0 Å². The Morgan fingerprint density at radius 2 is 2.05 bits per heavy atom. The highest BCUT2D eigenvalue weighted by Crippen LogP contribution is 2.26. The van der Waals surface area contributed by atoms with Crippen LogP contribution in [0.25, 0.3) is 0 Å². The molecule has 0 saturated heterocycles. The quantitative estimate of drug-likeness (QED) is 0.709. The van der Waals surface area contributed by atoms with E-state index in [4.69, 9.17) is 9.52 Å². The fraction of sp³-hybridized carbons (Fsp3) is 0.714. The number of hydrogen-bond donors (Lipinski definition) is 2. The van der Waals surface area contributed by atoms with E-state index in [2.05, 4.69) is 24.1 Å². The van der Waals surface area contributed by atoms with Gasteiger partial charge in [0.1, 0.15) is 5.76 Å². The first-order valence-corrected chi connectivity index (χ1v) is 6.65. The molecule has 0 spiro atoms. The van der Waals surface area contributed by atoms with Crippen LogP contribution in [0, 0.1) is 19.3 Å². The van der Waals surface area contributed by atoms with Gasteiger partial charge in [0.05, 0.1) is 12.2 Å². The Kier molecular flexibility index (Phi) is 5.54. The first-order valence-electron chi connectivity index (χ1n) is 6.65. The highest BCUT2D eigenvalue weighted by Gasteiger charge is 2.18. The van der Waals surface area contributed by atoms with Gasteiger partial charge in [-0.1, -0.05) is 13.8 Å². The van der Waals surface area contributed by atoms with Crippen molar-refractivity contribution in [3.63, 3.8) is 0 Å². The predicted octanol–water partition coefficient (Wildman–Crippen LogP) is 2.66. The number of aryl methyl sites for hydroxylation is 2. The number of oxazole rings is 1. The second-order valence-corrected chi connectivity index (χ2v) is 5.73. The van der Waals surface area contributed by atoms with E-state index in [9.17, 15) is 4.79 Å². The highest BCUT2D eigenvalue weighted by molar-refractivity contribution is 5.66. The average Bonchev–Trinajstić information content (AvgIpc) is 2.62. The normalized spacial score (nSPS) is 11.8. The van der Waals surface area contributed by atoms with Gasteiger partial charge in [-0.05, 0) is 38.6 Å². The largest absolute Gasteiger partial charge is 0.481 e. The Bertz CT molecular complexity index is 405. The molecule has 2 N–H and O–H groups in total. The van der Waals surface area contributed by atoms with E-state index in [0.29, 0.717) is 18.9 Å². The standard InChI is InChI=1S/C14H24N2O3/c1-10-11(2)19-12(16-10)9-15-8-7-14(3,4)6-5-13(17)18/h15H,5-9H2,1-4H3,(H,17,18). The summed E-state index contributed by atoms with van der Waals surface area (Å²) in [5.41, 5.74) is 0.965. The molecule has 0 radical (unpaired) electrons. The number of aliphatic carboxylic acids is 1. The third-order valence-corrected chi connectivity index (χ3v) is 3.34. The molecule has 0 unspecified atom stereocenters. The van der Waals surface area contributed by atoms with E-state index in [1.165, 1.54) is 0 Å². The van der Waals surface area contributed by atoms with Crippen molar-refractivity contribution in [1.29, 1.82) is 0 Å². The minimum Gasteiger partial charge on any atom is -0.481 e. The Morgan fingerprint density at radius 3 is 2.58 bits per heavy atom. The lowest BCUT2D eigenvalue weighted by Gasteiger charge is -2.23. The van der Waals surface area contributed by atoms with Gasteiger partial charge in [-0.25, -0.2) is 4.98 Å². The van der Waals surface area contributed by atoms with Crippen LogP contribution in [0.2, 0.25) is 0 Å². The summed E-state index contributed by atoms with van der Waals surface area (Å²) < 4.78 is 5.47. The molecule has 5 nitrogen and oxygen atoms in total. The Balaban J connectivity index is 2.24. The van der Waals surface area contributed by atoms with Crippen molar-refractivity contribution in [3.8, 4) is 0 Å². The Labute approximate surface area is 114 Å². The van der Waals surface area contributed by atoms with Crippen molar-refractivity contribution in [1.82, 2.24) is 10.3 Å². The molecule has 0 aliphatic carbocycles. The zero-order valence-electron chi connectivity index (χ0n) is 12.2. The van der Waals surface area contributed by atoms with Gasteiger partial charge < -0.3 is 14.8 Å². The van der Waals surface area contributed by atoms with Crippen LogP contribution in [0.3, 0.4) is 0 Å². The van der Waals surface area contributed by atoms with Crippen molar-refractivity contribution >= 4 is 5.97 Å². The molecule has 0 fully saturated rings. The van der Waals surface area contributed by atoms with Gasteiger partial charge in [-0.2, -0.15) is 0 Å².